The molecule has 5 heteroatoms. The van der Waals surface area contributed by atoms with Gasteiger partial charge in [-0.05, 0) is 54.4 Å². The van der Waals surface area contributed by atoms with Crippen LogP contribution in [0.2, 0.25) is 5.15 Å². The third-order valence-electron chi connectivity index (χ3n) is 3.86. The van der Waals surface area contributed by atoms with Crippen LogP contribution in [0.15, 0.2) is 54.6 Å². The van der Waals surface area contributed by atoms with Crippen molar-refractivity contribution in [3.8, 4) is 18.1 Å². The normalized spacial score (nSPS) is 10.3. The Morgan fingerprint density at radius 3 is 2.73 bits per heavy atom. The van der Waals surface area contributed by atoms with Gasteiger partial charge in [-0.3, -0.25) is 4.79 Å². The molecule has 26 heavy (non-hydrogen) atoms. The lowest BCUT2D eigenvalue weighted by atomic mass is 10.1. The van der Waals surface area contributed by atoms with Crippen molar-refractivity contribution in [3.05, 3.63) is 70.9 Å². The molecule has 0 saturated heterocycles. The molecule has 3 rings (SSSR count). The highest BCUT2D eigenvalue weighted by Crippen LogP contribution is 2.17. The summed E-state index contributed by atoms with van der Waals surface area (Å²) in [6.45, 7) is 0.795. The maximum absolute atomic E-state index is 12.3. The van der Waals surface area contributed by atoms with E-state index in [9.17, 15) is 4.79 Å². The minimum absolute atomic E-state index is 0.115. The number of aromatic nitrogens is 1. The second-order valence-electron chi connectivity index (χ2n) is 5.68. The smallest absolute Gasteiger partial charge is 0.251 e. The molecule has 0 fully saturated rings. The monoisotopic (exact) mass is 364 g/mol. The van der Waals surface area contributed by atoms with Gasteiger partial charge < -0.3 is 10.1 Å². The summed E-state index contributed by atoms with van der Waals surface area (Å²) in [6.07, 6.45) is 5.89. The van der Waals surface area contributed by atoms with Crippen molar-refractivity contribution in [2.45, 2.75) is 6.42 Å². The molecule has 0 unspecified atom stereocenters. The van der Waals surface area contributed by atoms with Gasteiger partial charge in [0.05, 0.1) is 5.52 Å². The quantitative estimate of drug-likeness (QED) is 0.533. The van der Waals surface area contributed by atoms with Gasteiger partial charge in [-0.2, -0.15) is 0 Å². The minimum Gasteiger partial charge on any atom is -0.481 e. The fourth-order valence-corrected chi connectivity index (χ4v) is 2.70. The largest absolute Gasteiger partial charge is 0.481 e. The highest BCUT2D eigenvalue weighted by molar-refractivity contribution is 6.29. The van der Waals surface area contributed by atoms with Crippen molar-refractivity contribution in [2.24, 2.45) is 0 Å². The molecule has 0 saturated carbocycles. The molecule has 1 aromatic heterocycles. The number of hydrogen-bond acceptors (Lipinski definition) is 3. The zero-order chi connectivity index (χ0) is 18.4. The molecule has 0 bridgehead atoms. The van der Waals surface area contributed by atoms with Crippen LogP contribution in [0.25, 0.3) is 10.9 Å². The number of terminal acetylenes is 1. The summed E-state index contributed by atoms with van der Waals surface area (Å²) >= 11 is 5.88. The number of amides is 1. The summed E-state index contributed by atoms with van der Waals surface area (Å²) in [5.41, 5.74) is 2.47. The van der Waals surface area contributed by atoms with E-state index >= 15 is 0 Å². The van der Waals surface area contributed by atoms with E-state index in [1.54, 1.807) is 18.2 Å². The first-order chi connectivity index (χ1) is 12.7. The van der Waals surface area contributed by atoms with Crippen LogP contribution in [-0.4, -0.2) is 24.0 Å². The van der Waals surface area contributed by atoms with Crippen LogP contribution in [0, 0.1) is 12.3 Å². The Morgan fingerprint density at radius 2 is 1.96 bits per heavy atom. The third-order valence-corrected chi connectivity index (χ3v) is 4.07. The molecular weight excluding hydrogens is 348 g/mol. The van der Waals surface area contributed by atoms with E-state index in [4.69, 9.17) is 22.8 Å². The van der Waals surface area contributed by atoms with Crippen LogP contribution in [0.1, 0.15) is 15.9 Å². The number of hydrogen-bond donors (Lipinski definition) is 1. The van der Waals surface area contributed by atoms with Crippen LogP contribution >= 0.6 is 11.6 Å². The lowest BCUT2D eigenvalue weighted by Crippen LogP contribution is -2.25. The minimum atomic E-state index is -0.115. The van der Waals surface area contributed by atoms with E-state index in [-0.39, 0.29) is 12.5 Å². The Bertz CT molecular complexity index is 962. The number of nitrogens with one attached hydrogen (secondary N) is 1. The van der Waals surface area contributed by atoms with Crippen molar-refractivity contribution in [1.82, 2.24) is 10.3 Å². The Kier molecular flexibility index (Phi) is 5.73. The Balaban J connectivity index is 1.55. The van der Waals surface area contributed by atoms with Crippen LogP contribution in [0.4, 0.5) is 0 Å². The SMILES string of the molecule is C#CCOc1ccc(CCNC(=O)c2ccc3nc(Cl)ccc3c2)cc1. The van der Waals surface area contributed by atoms with E-state index in [0.29, 0.717) is 17.3 Å². The maximum atomic E-state index is 12.3. The van der Waals surface area contributed by atoms with Gasteiger partial charge >= 0.3 is 0 Å². The number of carbonyl (C=O) groups excluding carboxylic acids is 1. The molecule has 3 aromatic rings. The molecule has 1 amide bonds. The average molecular weight is 365 g/mol. The number of benzene rings is 2. The first-order valence-corrected chi connectivity index (χ1v) is 8.53. The van der Waals surface area contributed by atoms with Crippen LogP contribution in [-0.2, 0) is 6.42 Å². The summed E-state index contributed by atoms with van der Waals surface area (Å²) in [7, 11) is 0. The molecular formula is C21H17ClN2O2. The van der Waals surface area contributed by atoms with Gasteiger partial charge in [0.25, 0.3) is 5.91 Å². The van der Waals surface area contributed by atoms with E-state index in [2.05, 4.69) is 16.2 Å². The Morgan fingerprint density at radius 1 is 1.15 bits per heavy atom. The molecule has 0 radical (unpaired) electrons. The van der Waals surface area contributed by atoms with Gasteiger partial charge in [0.15, 0.2) is 0 Å². The van der Waals surface area contributed by atoms with Crippen LogP contribution < -0.4 is 10.1 Å². The summed E-state index contributed by atoms with van der Waals surface area (Å²) in [6, 6.07) is 16.6. The van der Waals surface area contributed by atoms with Crippen LogP contribution in [0.5, 0.6) is 5.75 Å². The number of rotatable bonds is 6. The number of fused-ring (bicyclic) bond motifs is 1. The second-order valence-corrected chi connectivity index (χ2v) is 6.07. The summed E-state index contributed by atoms with van der Waals surface area (Å²) in [5, 5.41) is 4.24. The fourth-order valence-electron chi connectivity index (χ4n) is 2.54. The average Bonchev–Trinajstić information content (AvgIpc) is 2.66. The molecule has 0 aliphatic heterocycles. The van der Waals surface area contributed by atoms with Crippen molar-refractivity contribution >= 4 is 28.4 Å². The highest BCUT2D eigenvalue weighted by atomic mass is 35.5. The lowest BCUT2D eigenvalue weighted by Gasteiger charge is -2.07. The number of nitrogens with zero attached hydrogens (tertiary/aromatic N) is 1. The molecule has 1 N–H and O–H groups in total. The first kappa shape index (κ1) is 17.8. The van der Waals surface area contributed by atoms with Gasteiger partial charge in [0.2, 0.25) is 0 Å². The topological polar surface area (TPSA) is 51.2 Å². The van der Waals surface area contributed by atoms with Gasteiger partial charge in [-0.25, -0.2) is 4.98 Å². The maximum Gasteiger partial charge on any atom is 0.251 e. The molecule has 130 valence electrons. The molecule has 2 aromatic carbocycles. The van der Waals surface area contributed by atoms with Crippen molar-refractivity contribution in [2.75, 3.05) is 13.2 Å². The van der Waals surface area contributed by atoms with Gasteiger partial charge in [-0.1, -0.05) is 29.7 Å². The zero-order valence-corrected chi connectivity index (χ0v) is 14.8. The van der Waals surface area contributed by atoms with E-state index in [1.807, 2.05) is 36.4 Å². The number of pyridine rings is 1. The summed E-state index contributed by atoms with van der Waals surface area (Å²) in [5.74, 6) is 3.05. The molecule has 1 heterocycles. The predicted octanol–water partition coefficient (Wildman–Crippen LogP) is 3.87. The number of ether oxygens (including phenoxy) is 1. The summed E-state index contributed by atoms with van der Waals surface area (Å²) < 4.78 is 5.33. The molecule has 0 spiro atoms. The first-order valence-electron chi connectivity index (χ1n) is 8.15. The lowest BCUT2D eigenvalue weighted by molar-refractivity contribution is 0.0954. The van der Waals surface area contributed by atoms with Crippen LogP contribution in [0.3, 0.4) is 0 Å². The fraction of sp³-hybridized carbons (Fsp3) is 0.143. The molecule has 4 nitrogen and oxygen atoms in total. The van der Waals surface area contributed by atoms with Crippen molar-refractivity contribution < 1.29 is 9.53 Å². The van der Waals surface area contributed by atoms with E-state index < -0.39 is 0 Å². The van der Waals surface area contributed by atoms with Gasteiger partial charge in [0.1, 0.15) is 17.5 Å². The Hall–Kier alpha value is -3.03. The van der Waals surface area contributed by atoms with E-state index in [1.165, 1.54) is 0 Å². The number of carbonyl (C=O) groups is 1. The molecule has 0 aliphatic rings. The van der Waals surface area contributed by atoms with E-state index in [0.717, 1.165) is 28.6 Å². The van der Waals surface area contributed by atoms with Crippen molar-refractivity contribution in [1.29, 1.82) is 0 Å². The second kappa shape index (κ2) is 8.37. The molecule has 0 atom stereocenters. The summed E-state index contributed by atoms with van der Waals surface area (Å²) in [4.78, 5) is 16.5. The predicted molar refractivity (Wildman–Crippen MR) is 104 cm³/mol. The third kappa shape index (κ3) is 4.53. The zero-order valence-electron chi connectivity index (χ0n) is 14.0. The Labute approximate surface area is 157 Å². The van der Waals surface area contributed by atoms with Gasteiger partial charge in [0, 0.05) is 17.5 Å². The number of halogens is 1. The molecule has 0 aliphatic carbocycles. The highest BCUT2D eigenvalue weighted by Gasteiger charge is 2.07. The standard InChI is InChI=1S/C21H17ClN2O2/c1-2-13-26-18-7-3-15(4-8-18)11-12-23-21(25)17-5-9-19-16(14-17)6-10-20(22)24-19/h1,3-10,14H,11-13H2,(H,23,25). The van der Waals surface area contributed by atoms with Crippen molar-refractivity contribution in [3.63, 3.8) is 0 Å². The van der Waals surface area contributed by atoms with Gasteiger partial charge in [-0.15, -0.1) is 6.42 Å².